The molecule has 3 aromatic carbocycles. The van der Waals surface area contributed by atoms with Crippen LogP contribution in [0.1, 0.15) is 58.9 Å². The molecule has 39 heavy (non-hydrogen) atoms. The zero-order valence-electron chi connectivity index (χ0n) is 22.6. The van der Waals surface area contributed by atoms with Crippen LogP contribution in [0.3, 0.4) is 0 Å². The number of methoxy groups -OCH3 is 1. The van der Waals surface area contributed by atoms with Crippen LogP contribution in [0.5, 0.6) is 5.75 Å². The molecule has 0 radical (unpaired) electrons. The molecule has 0 aliphatic heterocycles. The van der Waals surface area contributed by atoms with Gasteiger partial charge in [-0.05, 0) is 77.9 Å². The molecule has 0 bridgehead atoms. The number of esters is 1. The highest BCUT2D eigenvalue weighted by Gasteiger charge is 2.21. The smallest absolute Gasteiger partial charge is 0.338 e. The van der Waals surface area contributed by atoms with Crippen LogP contribution in [0.25, 0.3) is 23.1 Å². The average molecular weight is 544 g/mol. The molecule has 0 aliphatic rings. The first-order valence-electron chi connectivity index (χ1n) is 13.1. The van der Waals surface area contributed by atoms with E-state index < -0.39 is 0 Å². The molecule has 0 saturated carbocycles. The molecule has 4 aromatic rings. The molecule has 0 amide bonds. The van der Waals surface area contributed by atoms with Crippen molar-refractivity contribution in [2.45, 2.75) is 32.6 Å². The van der Waals surface area contributed by atoms with Gasteiger partial charge in [-0.2, -0.15) is 0 Å². The third-order valence-corrected chi connectivity index (χ3v) is 6.80. The maximum atomic E-state index is 13.4. The summed E-state index contributed by atoms with van der Waals surface area (Å²) in [5.74, 6) is 0.210. The summed E-state index contributed by atoms with van der Waals surface area (Å²) in [6.07, 6.45) is 5.45. The highest BCUT2D eigenvalue weighted by Crippen LogP contribution is 2.28. The first-order valence-corrected chi connectivity index (χ1v) is 13.5. The van der Waals surface area contributed by atoms with Gasteiger partial charge in [0, 0.05) is 29.1 Å². The molecule has 6 heteroatoms. The van der Waals surface area contributed by atoms with E-state index in [0.29, 0.717) is 36.1 Å². The van der Waals surface area contributed by atoms with Crippen LogP contribution >= 0.6 is 11.6 Å². The van der Waals surface area contributed by atoms with E-state index in [4.69, 9.17) is 26.1 Å². The maximum absolute atomic E-state index is 13.4. The van der Waals surface area contributed by atoms with Crippen LogP contribution in [0, 0.1) is 5.92 Å². The van der Waals surface area contributed by atoms with Gasteiger partial charge in [0.2, 0.25) is 0 Å². The number of phenols is 1. The zero-order valence-corrected chi connectivity index (χ0v) is 23.3. The highest BCUT2D eigenvalue weighted by atomic mass is 35.5. The number of benzene rings is 3. The number of carbonyl (C=O) groups is 1. The summed E-state index contributed by atoms with van der Waals surface area (Å²) in [5, 5.41) is 11.1. The fourth-order valence-corrected chi connectivity index (χ4v) is 4.47. The number of aromatic nitrogens is 1. The molecule has 0 saturated heterocycles. The van der Waals surface area contributed by atoms with Gasteiger partial charge in [-0.1, -0.05) is 67.9 Å². The normalized spacial score (nSPS) is 12.3. The van der Waals surface area contributed by atoms with Crippen molar-refractivity contribution in [3.63, 3.8) is 0 Å². The van der Waals surface area contributed by atoms with Crippen molar-refractivity contribution < 1.29 is 19.4 Å². The van der Waals surface area contributed by atoms with Gasteiger partial charge in [0.25, 0.3) is 0 Å². The second kappa shape index (κ2) is 13.4. The number of ether oxygens (including phenoxy) is 2. The van der Waals surface area contributed by atoms with Crippen molar-refractivity contribution in [3.05, 3.63) is 106 Å². The summed E-state index contributed by atoms with van der Waals surface area (Å²) >= 11 is 6.01. The van der Waals surface area contributed by atoms with Crippen molar-refractivity contribution in [1.82, 2.24) is 4.98 Å². The number of fused-ring (bicyclic) bond motifs is 1. The average Bonchev–Trinajstić information content (AvgIpc) is 2.92. The van der Waals surface area contributed by atoms with E-state index >= 15 is 0 Å². The van der Waals surface area contributed by atoms with Gasteiger partial charge in [0.05, 0.1) is 24.3 Å². The van der Waals surface area contributed by atoms with Crippen LogP contribution in [0.2, 0.25) is 5.02 Å². The van der Waals surface area contributed by atoms with Crippen LogP contribution in [0.4, 0.5) is 0 Å². The number of carbonyl (C=O) groups excluding carboxylic acids is 1. The van der Waals surface area contributed by atoms with Crippen LogP contribution < -0.4 is 0 Å². The number of nitrogens with zero attached hydrogens (tertiary/aromatic N) is 1. The largest absolute Gasteiger partial charge is 0.508 e. The monoisotopic (exact) mass is 543 g/mol. The van der Waals surface area contributed by atoms with Crippen LogP contribution in [-0.2, 0) is 15.9 Å². The SMILES string of the molecule is COCC(Cc1ccc(O)cc1)c1cc(C(=O)OCCC(C)C)c2cc(/C=C/c3ccc(Cl)cc3)ccc2n1. The third-order valence-electron chi connectivity index (χ3n) is 6.54. The van der Waals surface area contributed by atoms with E-state index in [-0.39, 0.29) is 17.6 Å². The first-order chi connectivity index (χ1) is 18.8. The topological polar surface area (TPSA) is 68.7 Å². The Morgan fingerprint density at radius 1 is 0.974 bits per heavy atom. The first kappa shape index (κ1) is 28.3. The van der Waals surface area contributed by atoms with Crippen LogP contribution in [-0.4, -0.2) is 36.4 Å². The van der Waals surface area contributed by atoms with Crippen molar-refractivity contribution in [3.8, 4) is 5.75 Å². The van der Waals surface area contributed by atoms with Crippen molar-refractivity contribution in [2.24, 2.45) is 5.92 Å². The lowest BCUT2D eigenvalue weighted by Crippen LogP contribution is -2.15. The Morgan fingerprint density at radius 2 is 1.67 bits per heavy atom. The lowest BCUT2D eigenvalue weighted by molar-refractivity contribution is 0.0490. The van der Waals surface area contributed by atoms with Crippen molar-refractivity contribution >= 4 is 40.6 Å². The number of phenolic OH excluding ortho intramolecular Hbond substituents is 1. The van der Waals surface area contributed by atoms with E-state index in [1.165, 1.54) is 0 Å². The number of aromatic hydroxyl groups is 1. The zero-order chi connectivity index (χ0) is 27.8. The van der Waals surface area contributed by atoms with E-state index in [1.807, 2.05) is 72.8 Å². The summed E-state index contributed by atoms with van der Waals surface area (Å²) in [4.78, 5) is 18.3. The molecule has 1 unspecified atom stereocenters. The predicted molar refractivity (Wildman–Crippen MR) is 158 cm³/mol. The van der Waals surface area contributed by atoms with E-state index in [2.05, 4.69) is 13.8 Å². The Balaban J connectivity index is 1.72. The number of hydrogen-bond donors (Lipinski definition) is 1. The minimum Gasteiger partial charge on any atom is -0.508 e. The molecular formula is C33H34ClNO4. The Bertz CT molecular complexity index is 1430. The number of halogens is 1. The number of hydrogen-bond acceptors (Lipinski definition) is 5. The maximum Gasteiger partial charge on any atom is 0.338 e. The lowest BCUT2D eigenvalue weighted by atomic mass is 9.94. The molecule has 1 atom stereocenters. The molecule has 1 aromatic heterocycles. The van der Waals surface area contributed by atoms with Crippen molar-refractivity contribution in [1.29, 1.82) is 0 Å². The minimum atomic E-state index is -0.357. The van der Waals surface area contributed by atoms with Crippen LogP contribution in [0.15, 0.2) is 72.8 Å². The second-order valence-corrected chi connectivity index (χ2v) is 10.5. The molecule has 1 heterocycles. The molecule has 4 rings (SSSR count). The molecule has 0 fully saturated rings. The molecule has 5 nitrogen and oxygen atoms in total. The number of pyridine rings is 1. The Morgan fingerprint density at radius 3 is 2.36 bits per heavy atom. The second-order valence-electron chi connectivity index (χ2n) is 10.1. The summed E-state index contributed by atoms with van der Waals surface area (Å²) < 4.78 is 11.2. The van der Waals surface area contributed by atoms with Gasteiger partial charge in [0.15, 0.2) is 0 Å². The third kappa shape index (κ3) is 7.92. The summed E-state index contributed by atoms with van der Waals surface area (Å²) in [6, 6.07) is 22.5. The van der Waals surface area contributed by atoms with E-state index in [1.54, 1.807) is 19.2 Å². The van der Waals surface area contributed by atoms with Gasteiger partial charge in [-0.15, -0.1) is 0 Å². The minimum absolute atomic E-state index is 0.0874. The molecule has 202 valence electrons. The Kier molecular flexibility index (Phi) is 9.74. The Hall–Kier alpha value is -3.67. The molecular weight excluding hydrogens is 510 g/mol. The van der Waals surface area contributed by atoms with E-state index in [0.717, 1.165) is 39.7 Å². The van der Waals surface area contributed by atoms with Gasteiger partial charge in [-0.3, -0.25) is 4.98 Å². The standard InChI is InChI=1S/C33H34ClNO4/c1-22(2)16-17-39-33(37)30-20-32(26(21-38-3)18-24-8-13-28(36)14-9-24)35-31-15-10-25(19-29(30)31)5-4-23-6-11-27(34)12-7-23/h4-15,19-20,22,26,36H,16-18,21H2,1-3H3/b5-4+. The molecule has 0 spiro atoms. The van der Waals surface area contributed by atoms with Gasteiger partial charge < -0.3 is 14.6 Å². The summed E-state index contributed by atoms with van der Waals surface area (Å²) in [7, 11) is 1.66. The fourth-order valence-electron chi connectivity index (χ4n) is 4.34. The van der Waals surface area contributed by atoms with Crippen molar-refractivity contribution in [2.75, 3.05) is 20.3 Å². The summed E-state index contributed by atoms with van der Waals surface area (Å²) in [5.41, 5.74) is 4.99. The molecule has 1 N–H and O–H groups in total. The predicted octanol–water partition coefficient (Wildman–Crippen LogP) is 7.94. The quantitative estimate of drug-likeness (QED) is 0.153. The Labute approximate surface area is 235 Å². The lowest BCUT2D eigenvalue weighted by Gasteiger charge is -2.18. The number of rotatable bonds is 11. The fraction of sp³-hybridized carbons (Fsp3) is 0.273. The van der Waals surface area contributed by atoms with Gasteiger partial charge in [0.1, 0.15) is 5.75 Å². The summed E-state index contributed by atoms with van der Waals surface area (Å²) in [6.45, 7) is 5.00. The molecule has 0 aliphatic carbocycles. The van der Waals surface area contributed by atoms with E-state index in [9.17, 15) is 9.90 Å². The van der Waals surface area contributed by atoms with Gasteiger partial charge in [-0.25, -0.2) is 4.79 Å². The highest BCUT2D eigenvalue weighted by molar-refractivity contribution is 6.30. The van der Waals surface area contributed by atoms with Gasteiger partial charge >= 0.3 is 5.97 Å².